The van der Waals surface area contributed by atoms with Crippen molar-refractivity contribution in [3.63, 3.8) is 0 Å². The van der Waals surface area contributed by atoms with Crippen LogP contribution in [0, 0.1) is 20.8 Å². The first-order valence-electron chi connectivity index (χ1n) is 9.13. The minimum Gasteiger partial charge on any atom is -0.348 e. The van der Waals surface area contributed by atoms with E-state index in [9.17, 15) is 9.59 Å². The molecule has 1 atom stereocenters. The van der Waals surface area contributed by atoms with E-state index in [1.165, 1.54) is 6.20 Å². The molecular formula is C19H24N6O2. The van der Waals surface area contributed by atoms with Crippen LogP contribution < -0.4 is 5.32 Å². The molecule has 8 nitrogen and oxygen atoms in total. The van der Waals surface area contributed by atoms with Crippen LogP contribution in [0.3, 0.4) is 0 Å². The van der Waals surface area contributed by atoms with Gasteiger partial charge in [0.1, 0.15) is 11.5 Å². The van der Waals surface area contributed by atoms with Crippen LogP contribution in [0.25, 0.3) is 0 Å². The number of nitrogens with one attached hydrogen (secondary N) is 1. The van der Waals surface area contributed by atoms with Crippen LogP contribution in [0.4, 0.5) is 0 Å². The summed E-state index contributed by atoms with van der Waals surface area (Å²) in [6, 6.07) is 0.00812. The van der Waals surface area contributed by atoms with Crippen molar-refractivity contribution in [1.29, 1.82) is 0 Å². The largest absolute Gasteiger partial charge is 0.348 e. The van der Waals surface area contributed by atoms with E-state index in [0.29, 0.717) is 42.3 Å². The molecule has 142 valence electrons. The van der Waals surface area contributed by atoms with Crippen molar-refractivity contribution >= 4 is 11.8 Å². The second-order valence-corrected chi connectivity index (χ2v) is 6.85. The maximum atomic E-state index is 12.8. The average molecular weight is 368 g/mol. The molecule has 3 heterocycles. The molecule has 1 N–H and O–H groups in total. The molecule has 2 amide bonds. The molecule has 8 heteroatoms. The van der Waals surface area contributed by atoms with Crippen molar-refractivity contribution < 1.29 is 9.59 Å². The van der Waals surface area contributed by atoms with Crippen LogP contribution in [0.15, 0.2) is 18.6 Å². The number of nitrogens with zero attached hydrogens (tertiary/aromatic N) is 5. The lowest BCUT2D eigenvalue weighted by Gasteiger charge is -2.21. The highest BCUT2D eigenvalue weighted by atomic mass is 16.2. The number of amides is 2. The van der Waals surface area contributed by atoms with E-state index in [0.717, 1.165) is 18.5 Å². The lowest BCUT2D eigenvalue weighted by atomic mass is 10.1. The first-order chi connectivity index (χ1) is 12.9. The molecule has 0 radical (unpaired) electrons. The molecule has 1 aliphatic rings. The number of hydrogen-bond acceptors (Lipinski definition) is 6. The van der Waals surface area contributed by atoms with Crippen molar-refractivity contribution in [2.45, 2.75) is 46.1 Å². The molecule has 1 fully saturated rings. The maximum absolute atomic E-state index is 12.8. The van der Waals surface area contributed by atoms with Crippen molar-refractivity contribution in [3.05, 3.63) is 47.1 Å². The van der Waals surface area contributed by atoms with Gasteiger partial charge in [0.2, 0.25) is 0 Å². The third kappa shape index (κ3) is 4.64. The molecule has 2 aromatic heterocycles. The molecule has 0 bridgehead atoms. The first kappa shape index (κ1) is 18.9. The predicted molar refractivity (Wildman–Crippen MR) is 99.3 cm³/mol. The molecule has 2 aromatic rings. The van der Waals surface area contributed by atoms with Crippen LogP contribution in [0.2, 0.25) is 0 Å². The fraction of sp³-hybridized carbons (Fsp3) is 0.474. The van der Waals surface area contributed by atoms with Crippen molar-refractivity contribution in [3.8, 4) is 0 Å². The van der Waals surface area contributed by atoms with E-state index in [4.69, 9.17) is 0 Å². The summed E-state index contributed by atoms with van der Waals surface area (Å²) >= 11 is 0. The summed E-state index contributed by atoms with van der Waals surface area (Å²) in [6.07, 6.45) is 6.99. The summed E-state index contributed by atoms with van der Waals surface area (Å²) < 4.78 is 0. The third-order valence-electron chi connectivity index (χ3n) is 4.69. The quantitative estimate of drug-likeness (QED) is 0.883. The summed E-state index contributed by atoms with van der Waals surface area (Å²) in [5.74, 6) is 0.376. The number of carbonyl (C=O) groups is 2. The van der Waals surface area contributed by atoms with E-state index < -0.39 is 0 Å². The topological polar surface area (TPSA) is 101 Å². The first-order valence-corrected chi connectivity index (χ1v) is 9.13. The number of aromatic nitrogens is 4. The lowest BCUT2D eigenvalue weighted by Crippen LogP contribution is -2.37. The highest BCUT2D eigenvalue weighted by Gasteiger charge is 2.24. The van der Waals surface area contributed by atoms with Gasteiger partial charge in [-0.2, -0.15) is 0 Å². The van der Waals surface area contributed by atoms with Gasteiger partial charge < -0.3 is 10.2 Å². The van der Waals surface area contributed by atoms with Gasteiger partial charge >= 0.3 is 0 Å². The van der Waals surface area contributed by atoms with E-state index in [1.807, 2.05) is 18.7 Å². The van der Waals surface area contributed by atoms with Gasteiger partial charge in [0.25, 0.3) is 11.8 Å². The van der Waals surface area contributed by atoms with E-state index in [2.05, 4.69) is 25.3 Å². The average Bonchev–Trinajstić information content (AvgIpc) is 2.87. The normalized spacial score (nSPS) is 17.3. The third-order valence-corrected chi connectivity index (χ3v) is 4.69. The Bertz CT molecular complexity index is 837. The van der Waals surface area contributed by atoms with E-state index in [-0.39, 0.29) is 17.9 Å². The van der Waals surface area contributed by atoms with Crippen molar-refractivity contribution in [2.75, 3.05) is 13.1 Å². The monoisotopic (exact) mass is 368 g/mol. The second kappa shape index (κ2) is 8.20. The Hall–Kier alpha value is -2.90. The molecular weight excluding hydrogens is 344 g/mol. The van der Waals surface area contributed by atoms with E-state index >= 15 is 0 Å². The minimum atomic E-state index is -0.227. The van der Waals surface area contributed by atoms with Crippen molar-refractivity contribution in [1.82, 2.24) is 30.2 Å². The number of carbonyl (C=O) groups excluding carboxylic acids is 2. The molecule has 0 saturated carbocycles. The van der Waals surface area contributed by atoms with Crippen LogP contribution in [0.1, 0.15) is 57.3 Å². The van der Waals surface area contributed by atoms with Crippen LogP contribution in [-0.2, 0) is 0 Å². The summed E-state index contributed by atoms with van der Waals surface area (Å²) in [4.78, 5) is 43.6. The Labute approximate surface area is 158 Å². The summed E-state index contributed by atoms with van der Waals surface area (Å²) in [7, 11) is 0. The maximum Gasteiger partial charge on any atom is 0.271 e. The van der Waals surface area contributed by atoms with Crippen molar-refractivity contribution in [2.24, 2.45) is 0 Å². The molecule has 0 spiro atoms. The van der Waals surface area contributed by atoms with Gasteiger partial charge in [-0.25, -0.2) is 15.0 Å². The Morgan fingerprint density at radius 3 is 2.56 bits per heavy atom. The fourth-order valence-electron chi connectivity index (χ4n) is 3.18. The summed E-state index contributed by atoms with van der Waals surface area (Å²) in [5.41, 5.74) is 2.31. The van der Waals surface area contributed by atoms with Gasteiger partial charge in [-0.1, -0.05) is 0 Å². The summed E-state index contributed by atoms with van der Waals surface area (Å²) in [5, 5.41) is 3.01. The lowest BCUT2D eigenvalue weighted by molar-refractivity contribution is 0.0759. The fourth-order valence-corrected chi connectivity index (χ4v) is 3.18. The summed E-state index contributed by atoms with van der Waals surface area (Å²) in [6.45, 7) is 6.69. The SMILES string of the molecule is Cc1cnc(C(=O)N[C@H]2CCCN(C(=O)c3cnc(C)nc3C)CC2)cn1. The standard InChI is InChI=1S/C19H24N6O2/c1-12-9-22-17(11-20-12)18(26)24-15-5-4-7-25(8-6-15)19(27)16-10-21-14(3)23-13(16)2/h9-11,15H,4-8H2,1-3H3,(H,24,26)/t15-/m0/s1. The zero-order valence-electron chi connectivity index (χ0n) is 15.9. The van der Waals surface area contributed by atoms with Gasteiger partial charge in [-0.3, -0.25) is 14.6 Å². The van der Waals surface area contributed by atoms with Gasteiger partial charge in [0, 0.05) is 31.5 Å². The van der Waals surface area contributed by atoms with E-state index in [1.54, 1.807) is 19.3 Å². The molecule has 0 unspecified atom stereocenters. The molecule has 3 rings (SSSR count). The van der Waals surface area contributed by atoms with Crippen LogP contribution >= 0.6 is 0 Å². The Kier molecular flexibility index (Phi) is 5.73. The number of rotatable bonds is 3. The smallest absolute Gasteiger partial charge is 0.271 e. The number of aryl methyl sites for hydroxylation is 3. The minimum absolute atomic E-state index is 0.00812. The second-order valence-electron chi connectivity index (χ2n) is 6.85. The Balaban J connectivity index is 1.60. The number of hydrogen-bond donors (Lipinski definition) is 1. The Morgan fingerprint density at radius 2 is 1.85 bits per heavy atom. The van der Waals surface area contributed by atoms with Gasteiger partial charge in [0.15, 0.2) is 0 Å². The molecule has 1 aliphatic heterocycles. The highest BCUT2D eigenvalue weighted by molar-refractivity contribution is 5.95. The van der Waals surface area contributed by atoms with Crippen LogP contribution in [0.5, 0.6) is 0 Å². The predicted octanol–water partition coefficient (Wildman–Crippen LogP) is 1.62. The zero-order chi connectivity index (χ0) is 19.4. The Morgan fingerprint density at radius 1 is 1.04 bits per heavy atom. The van der Waals surface area contributed by atoms with Gasteiger partial charge in [-0.15, -0.1) is 0 Å². The van der Waals surface area contributed by atoms with Gasteiger partial charge in [-0.05, 0) is 40.0 Å². The highest BCUT2D eigenvalue weighted by Crippen LogP contribution is 2.16. The molecule has 1 saturated heterocycles. The zero-order valence-corrected chi connectivity index (χ0v) is 15.9. The van der Waals surface area contributed by atoms with Crippen LogP contribution in [-0.4, -0.2) is 55.8 Å². The van der Waals surface area contributed by atoms with Gasteiger partial charge in [0.05, 0.1) is 23.1 Å². The molecule has 0 aliphatic carbocycles. The number of likely N-dealkylation sites (tertiary alicyclic amines) is 1. The molecule has 0 aromatic carbocycles. The molecule has 27 heavy (non-hydrogen) atoms.